The second-order valence-electron chi connectivity index (χ2n) is 3.25. The van der Waals surface area contributed by atoms with Gasteiger partial charge in [-0.25, -0.2) is 0 Å². The number of carbonyl (C=O) groups excluding carboxylic acids is 1. The molecule has 8 heteroatoms. The van der Waals surface area contributed by atoms with Gasteiger partial charge in [0.15, 0.2) is 0 Å². The summed E-state index contributed by atoms with van der Waals surface area (Å²) in [6.45, 7) is -0.488. The summed E-state index contributed by atoms with van der Waals surface area (Å²) in [5.74, 6) is -0.183. The van der Waals surface area contributed by atoms with Crippen LogP contribution in [0.25, 0.3) is 0 Å². The van der Waals surface area contributed by atoms with Crippen LogP contribution < -0.4 is 10.6 Å². The van der Waals surface area contributed by atoms with Crippen molar-refractivity contribution < 1.29 is 22.7 Å². The fourth-order valence-corrected chi connectivity index (χ4v) is 1.07. The normalized spacial score (nSPS) is 19.6. The van der Waals surface area contributed by atoms with Crippen molar-refractivity contribution in [2.24, 2.45) is 0 Å². The first kappa shape index (κ1) is 15.5. The van der Waals surface area contributed by atoms with Crippen molar-refractivity contribution in [1.29, 1.82) is 0 Å². The van der Waals surface area contributed by atoms with Crippen molar-refractivity contribution in [3.05, 3.63) is 0 Å². The minimum absolute atomic E-state index is 0. The molecular weight excluding hydrogens is 249 g/mol. The topological polar surface area (TPSA) is 50.4 Å². The van der Waals surface area contributed by atoms with Gasteiger partial charge in [0.25, 0.3) is 0 Å². The van der Waals surface area contributed by atoms with E-state index in [2.05, 4.69) is 15.4 Å². The smallest absolute Gasteiger partial charge is 0.370 e. The Labute approximate surface area is 97.3 Å². The molecule has 1 rings (SSSR count). The standard InChI is InChI=1S/C8H13F3N2O2.ClH/c9-8(10,11)5-15-4-3-13-7(14)6-1-2-12-6;/h6,12H,1-5H2,(H,13,14);1H/t6-;/m1./s1. The second kappa shape index (κ2) is 6.93. The molecule has 4 nitrogen and oxygen atoms in total. The summed E-state index contributed by atoms with van der Waals surface area (Å²) in [7, 11) is 0. The Balaban J connectivity index is 0.00000225. The molecule has 0 spiro atoms. The summed E-state index contributed by atoms with van der Waals surface area (Å²) < 4.78 is 39.2. The molecule has 0 bridgehead atoms. The van der Waals surface area contributed by atoms with E-state index in [9.17, 15) is 18.0 Å². The van der Waals surface area contributed by atoms with Crippen LogP contribution >= 0.6 is 12.4 Å². The molecule has 96 valence electrons. The van der Waals surface area contributed by atoms with E-state index in [1.54, 1.807) is 0 Å². The van der Waals surface area contributed by atoms with Crippen LogP contribution in [0.15, 0.2) is 0 Å². The third-order valence-electron chi connectivity index (χ3n) is 1.95. The summed E-state index contributed by atoms with van der Waals surface area (Å²) in [4.78, 5) is 11.1. The number of alkyl halides is 3. The average Bonchev–Trinajstić information content (AvgIpc) is 1.97. The quantitative estimate of drug-likeness (QED) is 0.708. The van der Waals surface area contributed by atoms with Gasteiger partial charge in [-0.3, -0.25) is 4.79 Å². The lowest BCUT2D eigenvalue weighted by molar-refractivity contribution is -0.173. The Hall–Kier alpha value is -0.530. The molecule has 0 aromatic carbocycles. The van der Waals surface area contributed by atoms with Gasteiger partial charge in [0.05, 0.1) is 12.6 Å². The number of carbonyl (C=O) groups is 1. The maximum absolute atomic E-state index is 11.6. The molecule has 2 N–H and O–H groups in total. The zero-order valence-corrected chi connectivity index (χ0v) is 9.29. The van der Waals surface area contributed by atoms with Crippen LogP contribution in [0.1, 0.15) is 6.42 Å². The maximum Gasteiger partial charge on any atom is 0.411 e. The first-order chi connectivity index (χ1) is 6.99. The summed E-state index contributed by atoms with van der Waals surface area (Å²) in [5, 5.41) is 5.35. The number of halogens is 4. The van der Waals surface area contributed by atoms with Crippen molar-refractivity contribution in [2.45, 2.75) is 18.6 Å². The Bertz CT molecular complexity index is 222. The highest BCUT2D eigenvalue weighted by Gasteiger charge is 2.27. The molecule has 1 heterocycles. The second-order valence-corrected chi connectivity index (χ2v) is 3.25. The van der Waals surface area contributed by atoms with Gasteiger partial charge in [-0.15, -0.1) is 12.4 Å². The summed E-state index contributed by atoms with van der Waals surface area (Å²) in [5.41, 5.74) is 0. The monoisotopic (exact) mass is 262 g/mol. The largest absolute Gasteiger partial charge is 0.411 e. The van der Waals surface area contributed by atoms with Crippen molar-refractivity contribution in [1.82, 2.24) is 10.6 Å². The maximum atomic E-state index is 11.6. The van der Waals surface area contributed by atoms with E-state index in [1.165, 1.54) is 0 Å². The molecule has 0 unspecified atom stereocenters. The van der Waals surface area contributed by atoms with Crippen LogP contribution in [-0.2, 0) is 9.53 Å². The summed E-state index contributed by atoms with van der Waals surface area (Å²) >= 11 is 0. The summed E-state index contributed by atoms with van der Waals surface area (Å²) in [6, 6.07) is -0.187. The van der Waals surface area contributed by atoms with Crippen LogP contribution in [-0.4, -0.2) is 44.4 Å². The minimum Gasteiger partial charge on any atom is -0.370 e. The number of hydrogen-bond acceptors (Lipinski definition) is 3. The summed E-state index contributed by atoms with van der Waals surface area (Å²) in [6.07, 6.45) is -3.53. The van der Waals surface area contributed by atoms with Gasteiger partial charge in [0.1, 0.15) is 6.61 Å². The molecule has 1 saturated heterocycles. The zero-order chi connectivity index (χ0) is 11.3. The molecule has 1 fully saturated rings. The molecule has 1 amide bonds. The van der Waals surface area contributed by atoms with Gasteiger partial charge in [-0.1, -0.05) is 0 Å². The number of ether oxygens (including phenoxy) is 1. The van der Waals surface area contributed by atoms with Crippen molar-refractivity contribution in [2.75, 3.05) is 26.3 Å². The SMILES string of the molecule is Cl.O=C(NCCOCC(F)(F)F)[C@H]1CCN1. The Kier molecular flexibility index (Phi) is 6.70. The number of hydrogen-bond donors (Lipinski definition) is 2. The molecule has 0 aliphatic carbocycles. The molecule has 16 heavy (non-hydrogen) atoms. The van der Waals surface area contributed by atoms with E-state index in [1.807, 2.05) is 0 Å². The van der Waals surface area contributed by atoms with Gasteiger partial charge in [0, 0.05) is 6.54 Å². The van der Waals surface area contributed by atoms with E-state index in [0.29, 0.717) is 0 Å². The first-order valence-electron chi connectivity index (χ1n) is 4.64. The van der Waals surface area contributed by atoms with Gasteiger partial charge in [0.2, 0.25) is 5.91 Å². The molecule has 1 atom stereocenters. The highest BCUT2D eigenvalue weighted by Crippen LogP contribution is 2.13. The van der Waals surface area contributed by atoms with Gasteiger partial charge in [-0.2, -0.15) is 13.2 Å². The lowest BCUT2D eigenvalue weighted by atomic mass is 10.1. The average molecular weight is 263 g/mol. The Morgan fingerprint density at radius 3 is 2.56 bits per heavy atom. The van der Waals surface area contributed by atoms with Crippen LogP contribution in [0, 0.1) is 0 Å². The molecule has 0 radical (unpaired) electrons. The number of nitrogens with one attached hydrogen (secondary N) is 2. The lowest BCUT2D eigenvalue weighted by Crippen LogP contribution is -2.53. The molecule has 0 aromatic heterocycles. The van der Waals surface area contributed by atoms with Crippen molar-refractivity contribution in [3.8, 4) is 0 Å². The fourth-order valence-electron chi connectivity index (χ4n) is 1.07. The van der Waals surface area contributed by atoms with E-state index >= 15 is 0 Å². The van der Waals surface area contributed by atoms with Crippen molar-refractivity contribution >= 4 is 18.3 Å². The van der Waals surface area contributed by atoms with Gasteiger partial charge in [-0.05, 0) is 13.0 Å². The Morgan fingerprint density at radius 1 is 1.50 bits per heavy atom. The highest BCUT2D eigenvalue weighted by atomic mass is 35.5. The molecule has 0 saturated carbocycles. The minimum atomic E-state index is -4.31. The highest BCUT2D eigenvalue weighted by molar-refractivity contribution is 5.85. The van der Waals surface area contributed by atoms with Gasteiger partial charge < -0.3 is 15.4 Å². The van der Waals surface area contributed by atoms with Gasteiger partial charge >= 0.3 is 6.18 Å². The van der Waals surface area contributed by atoms with E-state index in [0.717, 1.165) is 13.0 Å². The van der Waals surface area contributed by atoms with E-state index in [-0.39, 0.29) is 37.5 Å². The van der Waals surface area contributed by atoms with Crippen molar-refractivity contribution in [3.63, 3.8) is 0 Å². The third-order valence-corrected chi connectivity index (χ3v) is 1.95. The van der Waals surface area contributed by atoms with Crippen LogP contribution in [0.4, 0.5) is 13.2 Å². The van der Waals surface area contributed by atoms with Crippen LogP contribution in [0.5, 0.6) is 0 Å². The van der Waals surface area contributed by atoms with Crippen LogP contribution in [0.3, 0.4) is 0 Å². The molecular formula is C8H14ClF3N2O2. The van der Waals surface area contributed by atoms with E-state index < -0.39 is 12.8 Å². The molecule has 0 aromatic rings. The van der Waals surface area contributed by atoms with E-state index in [4.69, 9.17) is 0 Å². The zero-order valence-electron chi connectivity index (χ0n) is 8.47. The first-order valence-corrected chi connectivity index (χ1v) is 4.64. The van der Waals surface area contributed by atoms with Crippen LogP contribution in [0.2, 0.25) is 0 Å². The molecule has 1 aliphatic rings. The Morgan fingerprint density at radius 2 is 2.12 bits per heavy atom. The predicted octanol–water partition coefficient (Wildman–Crippen LogP) is 0.465. The third kappa shape index (κ3) is 6.14. The molecule has 1 aliphatic heterocycles. The number of rotatable bonds is 5. The predicted molar refractivity (Wildman–Crippen MR) is 53.5 cm³/mol. The fraction of sp³-hybridized carbons (Fsp3) is 0.875. The number of amides is 1. The lowest BCUT2D eigenvalue weighted by Gasteiger charge is -2.26.